The standard InChI is InChI=1S/C32H46N4O6/c1-5-36(4)18-19-42-22-29(37)33-26(17-16-24-12-8-6-9-13-24)30(38)34-27(20-23(2)3)31(39)35-28(32(40)41)21-25-14-10-7-11-15-25/h6-15,23,26-28H,5,16-22H2,1-4H3,(H,33,37)(H,34,38)(H,35,39)(H,40,41)/t26-,27?,28-/m0/s1. The number of carboxylic acids is 1. The molecular formula is C32H46N4O6. The lowest BCUT2D eigenvalue weighted by molar-refractivity contribution is -0.142. The molecule has 42 heavy (non-hydrogen) atoms. The smallest absolute Gasteiger partial charge is 0.326 e. The summed E-state index contributed by atoms with van der Waals surface area (Å²) < 4.78 is 5.49. The Hall–Kier alpha value is -3.76. The van der Waals surface area contributed by atoms with E-state index in [4.69, 9.17) is 4.74 Å². The molecular weight excluding hydrogens is 536 g/mol. The van der Waals surface area contributed by atoms with E-state index in [2.05, 4.69) is 20.9 Å². The SMILES string of the molecule is CCN(C)CCOCC(=O)N[C@@H](CCc1ccccc1)C(=O)NC(CC(C)C)C(=O)N[C@@H](Cc1ccccc1)C(=O)O. The highest BCUT2D eigenvalue weighted by Crippen LogP contribution is 2.10. The molecule has 10 nitrogen and oxygen atoms in total. The average Bonchev–Trinajstić information content (AvgIpc) is 2.97. The van der Waals surface area contributed by atoms with E-state index in [1.165, 1.54) is 0 Å². The third-order valence-electron chi connectivity index (χ3n) is 6.84. The summed E-state index contributed by atoms with van der Waals surface area (Å²) in [6.07, 6.45) is 1.24. The molecule has 2 aromatic carbocycles. The lowest BCUT2D eigenvalue weighted by Crippen LogP contribution is -2.56. The molecule has 0 heterocycles. The molecule has 0 aliphatic rings. The number of amides is 3. The van der Waals surface area contributed by atoms with E-state index in [9.17, 15) is 24.3 Å². The van der Waals surface area contributed by atoms with E-state index in [1.807, 2.05) is 64.2 Å². The Morgan fingerprint density at radius 2 is 1.40 bits per heavy atom. The van der Waals surface area contributed by atoms with Crippen molar-refractivity contribution in [1.29, 1.82) is 0 Å². The van der Waals surface area contributed by atoms with Gasteiger partial charge in [-0.15, -0.1) is 0 Å². The molecule has 0 aliphatic heterocycles. The summed E-state index contributed by atoms with van der Waals surface area (Å²) in [5.41, 5.74) is 1.77. The van der Waals surface area contributed by atoms with E-state index in [0.717, 1.165) is 17.7 Å². The molecule has 0 saturated carbocycles. The van der Waals surface area contributed by atoms with Gasteiger partial charge in [0.05, 0.1) is 6.61 Å². The van der Waals surface area contributed by atoms with Crippen molar-refractivity contribution in [2.24, 2.45) is 5.92 Å². The quantitative estimate of drug-likeness (QED) is 0.187. The second-order valence-corrected chi connectivity index (χ2v) is 10.9. The van der Waals surface area contributed by atoms with Crippen LogP contribution in [0.4, 0.5) is 0 Å². The fourth-order valence-electron chi connectivity index (χ4n) is 4.30. The Morgan fingerprint density at radius 1 is 0.833 bits per heavy atom. The molecule has 4 N–H and O–H groups in total. The number of aryl methyl sites for hydroxylation is 1. The summed E-state index contributed by atoms with van der Waals surface area (Å²) in [5, 5.41) is 17.9. The molecule has 3 amide bonds. The number of carbonyl (C=O) groups excluding carboxylic acids is 3. The number of hydrogen-bond donors (Lipinski definition) is 4. The van der Waals surface area contributed by atoms with Gasteiger partial charge in [-0.2, -0.15) is 0 Å². The van der Waals surface area contributed by atoms with Gasteiger partial charge in [0.2, 0.25) is 17.7 Å². The van der Waals surface area contributed by atoms with Gasteiger partial charge in [-0.3, -0.25) is 14.4 Å². The van der Waals surface area contributed by atoms with Gasteiger partial charge in [0, 0.05) is 13.0 Å². The topological polar surface area (TPSA) is 137 Å². The molecule has 0 fully saturated rings. The highest BCUT2D eigenvalue weighted by atomic mass is 16.5. The van der Waals surface area contributed by atoms with Crippen molar-refractivity contribution in [3.05, 3.63) is 71.8 Å². The number of ether oxygens (including phenoxy) is 1. The van der Waals surface area contributed by atoms with Crippen molar-refractivity contribution in [1.82, 2.24) is 20.9 Å². The van der Waals surface area contributed by atoms with Gasteiger partial charge in [0.25, 0.3) is 0 Å². The number of likely N-dealkylation sites (N-methyl/N-ethyl adjacent to an activating group) is 1. The molecule has 3 atom stereocenters. The molecule has 2 rings (SSSR count). The molecule has 230 valence electrons. The normalized spacial score (nSPS) is 13.3. The predicted octanol–water partition coefficient (Wildman–Crippen LogP) is 2.42. The zero-order valence-electron chi connectivity index (χ0n) is 25.2. The maximum absolute atomic E-state index is 13.5. The summed E-state index contributed by atoms with van der Waals surface area (Å²) in [5.74, 6) is -2.66. The lowest BCUT2D eigenvalue weighted by Gasteiger charge is -2.25. The zero-order valence-corrected chi connectivity index (χ0v) is 25.2. The number of hydrogen-bond acceptors (Lipinski definition) is 6. The molecule has 0 spiro atoms. The minimum atomic E-state index is -1.17. The zero-order chi connectivity index (χ0) is 30.9. The molecule has 10 heteroatoms. The van der Waals surface area contributed by atoms with Crippen molar-refractivity contribution in [2.45, 2.75) is 64.6 Å². The van der Waals surface area contributed by atoms with Crippen LogP contribution >= 0.6 is 0 Å². The first-order valence-electron chi connectivity index (χ1n) is 14.6. The van der Waals surface area contributed by atoms with Crippen LogP contribution in [0.3, 0.4) is 0 Å². The number of carboxylic acid groups (broad SMARTS) is 1. The molecule has 0 bridgehead atoms. The van der Waals surface area contributed by atoms with Crippen LogP contribution in [0.15, 0.2) is 60.7 Å². The van der Waals surface area contributed by atoms with Crippen LogP contribution in [0.1, 0.15) is 44.7 Å². The van der Waals surface area contributed by atoms with Gasteiger partial charge in [0.15, 0.2) is 0 Å². The number of nitrogens with one attached hydrogen (secondary N) is 3. The Labute approximate surface area is 249 Å². The van der Waals surface area contributed by atoms with Crippen LogP contribution < -0.4 is 16.0 Å². The van der Waals surface area contributed by atoms with E-state index < -0.39 is 41.8 Å². The Morgan fingerprint density at radius 3 is 1.98 bits per heavy atom. The molecule has 2 aromatic rings. The number of carbonyl (C=O) groups is 4. The maximum atomic E-state index is 13.5. The van der Waals surface area contributed by atoms with Crippen LogP contribution in [0.25, 0.3) is 0 Å². The van der Waals surface area contributed by atoms with Gasteiger partial charge in [0.1, 0.15) is 24.7 Å². The Bertz CT molecular complexity index is 1110. The number of rotatable bonds is 19. The third-order valence-corrected chi connectivity index (χ3v) is 6.84. The third kappa shape index (κ3) is 13.3. The van der Waals surface area contributed by atoms with Crippen molar-refractivity contribution >= 4 is 23.7 Å². The summed E-state index contributed by atoms with van der Waals surface area (Å²) in [6.45, 7) is 7.57. The molecule has 0 aliphatic carbocycles. The minimum absolute atomic E-state index is 0.0328. The van der Waals surface area contributed by atoms with Gasteiger partial charge < -0.3 is 30.7 Å². The average molecular weight is 583 g/mol. The summed E-state index contributed by atoms with van der Waals surface area (Å²) >= 11 is 0. The van der Waals surface area contributed by atoms with Crippen molar-refractivity contribution < 1.29 is 29.0 Å². The highest BCUT2D eigenvalue weighted by molar-refractivity contribution is 5.93. The van der Waals surface area contributed by atoms with E-state index in [0.29, 0.717) is 32.4 Å². The summed E-state index contributed by atoms with van der Waals surface area (Å²) in [4.78, 5) is 53.5. The van der Waals surface area contributed by atoms with Crippen molar-refractivity contribution in [3.8, 4) is 0 Å². The first-order valence-corrected chi connectivity index (χ1v) is 14.6. The maximum Gasteiger partial charge on any atom is 0.326 e. The number of nitrogens with zero attached hydrogens (tertiary/aromatic N) is 1. The lowest BCUT2D eigenvalue weighted by atomic mass is 10.00. The second-order valence-electron chi connectivity index (χ2n) is 10.9. The molecule has 0 aromatic heterocycles. The van der Waals surface area contributed by atoms with Gasteiger partial charge in [-0.1, -0.05) is 81.4 Å². The molecule has 0 radical (unpaired) electrons. The molecule has 1 unspecified atom stereocenters. The first kappa shape index (κ1) is 34.4. The minimum Gasteiger partial charge on any atom is -0.480 e. The van der Waals surface area contributed by atoms with Crippen LogP contribution in [0.5, 0.6) is 0 Å². The van der Waals surface area contributed by atoms with E-state index in [-0.39, 0.29) is 18.9 Å². The van der Waals surface area contributed by atoms with Crippen molar-refractivity contribution in [3.63, 3.8) is 0 Å². The van der Waals surface area contributed by atoms with Crippen LogP contribution in [-0.4, -0.2) is 85.2 Å². The first-order chi connectivity index (χ1) is 20.1. The van der Waals surface area contributed by atoms with Crippen molar-refractivity contribution in [2.75, 3.05) is 33.4 Å². The van der Waals surface area contributed by atoms with Crippen LogP contribution in [0.2, 0.25) is 0 Å². The fourth-order valence-corrected chi connectivity index (χ4v) is 4.30. The highest BCUT2D eigenvalue weighted by Gasteiger charge is 2.30. The van der Waals surface area contributed by atoms with Gasteiger partial charge in [-0.05, 0) is 49.9 Å². The van der Waals surface area contributed by atoms with E-state index in [1.54, 1.807) is 24.3 Å². The second kappa shape index (κ2) is 18.6. The predicted molar refractivity (Wildman–Crippen MR) is 162 cm³/mol. The fraction of sp³-hybridized carbons (Fsp3) is 0.500. The molecule has 0 saturated heterocycles. The van der Waals surface area contributed by atoms with E-state index >= 15 is 0 Å². The summed E-state index contributed by atoms with van der Waals surface area (Å²) in [6, 6.07) is 15.6. The van der Waals surface area contributed by atoms with Gasteiger partial charge in [-0.25, -0.2) is 4.79 Å². The Kier molecular flexibility index (Phi) is 15.3. The Balaban J connectivity index is 2.11. The van der Waals surface area contributed by atoms with Crippen LogP contribution in [0, 0.1) is 5.92 Å². The number of aliphatic carboxylic acids is 1. The number of benzene rings is 2. The summed E-state index contributed by atoms with van der Waals surface area (Å²) in [7, 11) is 1.96. The largest absolute Gasteiger partial charge is 0.480 e. The monoisotopic (exact) mass is 582 g/mol. The van der Waals surface area contributed by atoms with Crippen LogP contribution in [-0.2, 0) is 36.8 Å². The van der Waals surface area contributed by atoms with Gasteiger partial charge >= 0.3 is 5.97 Å².